The largest absolute Gasteiger partial charge is 0.412 e. The number of amides is 1. The Morgan fingerprint density at radius 1 is 1.26 bits per heavy atom. The Bertz CT molecular complexity index is 839. The predicted molar refractivity (Wildman–Crippen MR) is 107 cm³/mol. The molecular weight excluding hydrogens is 338 g/mol. The van der Waals surface area contributed by atoms with Crippen LogP contribution in [0.25, 0.3) is 0 Å². The molecule has 27 heavy (non-hydrogen) atoms. The highest BCUT2D eigenvalue weighted by molar-refractivity contribution is 5.72. The summed E-state index contributed by atoms with van der Waals surface area (Å²) < 4.78 is 5.37. The molecule has 5 nitrogen and oxygen atoms in total. The number of rotatable bonds is 4. The van der Waals surface area contributed by atoms with Crippen LogP contribution >= 0.6 is 0 Å². The second-order valence-electron chi connectivity index (χ2n) is 7.74. The van der Waals surface area contributed by atoms with Crippen molar-refractivity contribution in [2.75, 3.05) is 32.1 Å². The molecule has 2 aliphatic heterocycles. The molecule has 1 fully saturated rings. The summed E-state index contributed by atoms with van der Waals surface area (Å²) in [5, 5.41) is 2.51. The second kappa shape index (κ2) is 6.89. The van der Waals surface area contributed by atoms with Gasteiger partial charge in [-0.25, -0.2) is 4.79 Å². The summed E-state index contributed by atoms with van der Waals surface area (Å²) in [4.78, 5) is 16.5. The number of nitrogens with zero attached hydrogens (tertiary/aromatic N) is 2. The SMILES string of the molecule is CNC(=O)Oc1ccc2c(c1)[C@]1(C)CCN(CCc3ccccc3)[C@@H]1N2C. The molecule has 2 heterocycles. The minimum atomic E-state index is -0.432. The maximum Gasteiger partial charge on any atom is 0.412 e. The summed E-state index contributed by atoms with van der Waals surface area (Å²) in [5.41, 5.74) is 3.93. The van der Waals surface area contributed by atoms with Crippen LogP contribution in [0.5, 0.6) is 5.75 Å². The minimum Gasteiger partial charge on any atom is -0.410 e. The Morgan fingerprint density at radius 3 is 2.78 bits per heavy atom. The number of likely N-dealkylation sites (N-methyl/N-ethyl adjacent to an activating group) is 1. The van der Waals surface area contributed by atoms with E-state index in [1.165, 1.54) is 16.8 Å². The van der Waals surface area contributed by atoms with Crippen LogP contribution < -0.4 is 15.0 Å². The number of likely N-dealkylation sites (tertiary alicyclic amines) is 1. The highest BCUT2D eigenvalue weighted by Crippen LogP contribution is 2.52. The van der Waals surface area contributed by atoms with Gasteiger partial charge < -0.3 is 15.0 Å². The van der Waals surface area contributed by atoms with Gasteiger partial charge in [0.15, 0.2) is 0 Å². The van der Waals surface area contributed by atoms with Gasteiger partial charge in [-0.3, -0.25) is 4.90 Å². The highest BCUT2D eigenvalue weighted by Gasteiger charge is 2.53. The molecule has 2 atom stereocenters. The Labute approximate surface area is 160 Å². The number of anilines is 1. The van der Waals surface area contributed by atoms with Gasteiger partial charge in [-0.2, -0.15) is 0 Å². The molecule has 4 rings (SSSR count). The average Bonchev–Trinajstić information content (AvgIpc) is 3.13. The molecule has 1 saturated heterocycles. The van der Waals surface area contributed by atoms with E-state index in [0.29, 0.717) is 11.9 Å². The van der Waals surface area contributed by atoms with Crippen molar-refractivity contribution in [1.29, 1.82) is 0 Å². The topological polar surface area (TPSA) is 44.8 Å². The molecule has 2 aromatic rings. The van der Waals surface area contributed by atoms with Crippen LogP contribution in [0.1, 0.15) is 24.5 Å². The lowest BCUT2D eigenvalue weighted by atomic mass is 9.81. The van der Waals surface area contributed by atoms with E-state index in [9.17, 15) is 4.79 Å². The Hall–Kier alpha value is -2.53. The third-order valence-corrected chi connectivity index (χ3v) is 6.11. The zero-order valence-electron chi connectivity index (χ0n) is 16.2. The molecule has 0 radical (unpaired) electrons. The molecule has 0 aliphatic carbocycles. The number of hydrogen-bond acceptors (Lipinski definition) is 4. The van der Waals surface area contributed by atoms with E-state index in [1.54, 1.807) is 7.05 Å². The fourth-order valence-electron chi connectivity index (χ4n) is 4.76. The number of fused-ring (bicyclic) bond motifs is 3. The molecule has 0 unspecified atom stereocenters. The zero-order valence-corrected chi connectivity index (χ0v) is 16.2. The summed E-state index contributed by atoms with van der Waals surface area (Å²) in [6, 6.07) is 16.7. The number of benzene rings is 2. The first kappa shape index (κ1) is 17.9. The van der Waals surface area contributed by atoms with Gasteiger partial charge in [-0.1, -0.05) is 37.3 Å². The summed E-state index contributed by atoms with van der Waals surface area (Å²) in [5.74, 6) is 0.603. The molecular formula is C22H27N3O2. The Kier molecular flexibility index (Phi) is 4.56. The van der Waals surface area contributed by atoms with E-state index in [4.69, 9.17) is 4.74 Å². The molecule has 1 amide bonds. The van der Waals surface area contributed by atoms with Crippen LogP contribution in [0.15, 0.2) is 48.5 Å². The van der Waals surface area contributed by atoms with Crippen molar-refractivity contribution in [2.24, 2.45) is 0 Å². The minimum absolute atomic E-state index is 0.0445. The van der Waals surface area contributed by atoms with Gasteiger partial charge in [-0.05, 0) is 42.2 Å². The van der Waals surface area contributed by atoms with E-state index in [0.717, 1.165) is 25.9 Å². The summed E-state index contributed by atoms with van der Waals surface area (Å²) >= 11 is 0. The number of nitrogens with one attached hydrogen (secondary N) is 1. The van der Waals surface area contributed by atoms with E-state index in [1.807, 2.05) is 12.1 Å². The maximum absolute atomic E-state index is 11.6. The standard InChI is InChI=1S/C22H27N3O2/c1-22-12-14-25(13-11-16-7-5-4-6-8-16)20(22)24(3)19-10-9-17(15-18(19)22)27-21(26)23-2/h4-10,15,20H,11-14H2,1-3H3,(H,23,26)/t20-,22-/m0/s1. The molecule has 142 valence electrons. The fourth-order valence-corrected chi connectivity index (χ4v) is 4.76. The van der Waals surface area contributed by atoms with Gasteiger partial charge in [0.1, 0.15) is 5.75 Å². The second-order valence-corrected chi connectivity index (χ2v) is 7.74. The maximum atomic E-state index is 11.6. The van der Waals surface area contributed by atoms with Crippen molar-refractivity contribution >= 4 is 11.8 Å². The lowest BCUT2D eigenvalue weighted by molar-refractivity contribution is 0.202. The van der Waals surface area contributed by atoms with E-state index < -0.39 is 6.09 Å². The van der Waals surface area contributed by atoms with Crippen molar-refractivity contribution in [1.82, 2.24) is 10.2 Å². The van der Waals surface area contributed by atoms with Gasteiger partial charge in [0, 0.05) is 38.3 Å². The summed E-state index contributed by atoms with van der Waals surface area (Å²) in [7, 11) is 3.75. The Morgan fingerprint density at radius 2 is 2.04 bits per heavy atom. The van der Waals surface area contributed by atoms with Gasteiger partial charge in [-0.15, -0.1) is 0 Å². The van der Waals surface area contributed by atoms with Crippen LogP contribution in [0.4, 0.5) is 10.5 Å². The predicted octanol–water partition coefficient (Wildman–Crippen LogP) is 3.39. The molecule has 0 bridgehead atoms. The van der Waals surface area contributed by atoms with Gasteiger partial charge in [0.2, 0.25) is 0 Å². The van der Waals surface area contributed by atoms with Crippen molar-refractivity contribution in [3.05, 3.63) is 59.7 Å². The van der Waals surface area contributed by atoms with Crippen molar-refractivity contribution < 1.29 is 9.53 Å². The number of ether oxygens (including phenoxy) is 1. The summed E-state index contributed by atoms with van der Waals surface area (Å²) in [6.45, 7) is 4.47. The van der Waals surface area contributed by atoms with Crippen LogP contribution in [0.2, 0.25) is 0 Å². The molecule has 1 N–H and O–H groups in total. The van der Waals surface area contributed by atoms with Gasteiger partial charge >= 0.3 is 6.09 Å². The smallest absolute Gasteiger partial charge is 0.410 e. The fraction of sp³-hybridized carbons (Fsp3) is 0.409. The quantitative estimate of drug-likeness (QED) is 0.902. The number of hydrogen-bond donors (Lipinski definition) is 1. The van der Waals surface area contributed by atoms with Gasteiger partial charge in [0.05, 0.1) is 6.17 Å². The van der Waals surface area contributed by atoms with Gasteiger partial charge in [0.25, 0.3) is 0 Å². The van der Waals surface area contributed by atoms with E-state index >= 15 is 0 Å². The number of carbonyl (C=O) groups excluding carboxylic acids is 1. The molecule has 0 aromatic heterocycles. The average molecular weight is 365 g/mol. The summed E-state index contributed by atoms with van der Waals surface area (Å²) in [6.07, 6.45) is 2.07. The zero-order chi connectivity index (χ0) is 19.0. The van der Waals surface area contributed by atoms with Crippen molar-refractivity contribution in [3.8, 4) is 5.75 Å². The molecule has 2 aromatic carbocycles. The molecule has 5 heteroatoms. The lowest BCUT2D eigenvalue weighted by Gasteiger charge is -2.34. The first-order valence-electron chi connectivity index (χ1n) is 9.58. The highest BCUT2D eigenvalue weighted by atomic mass is 16.5. The van der Waals surface area contributed by atoms with E-state index in [2.05, 4.69) is 65.5 Å². The first-order chi connectivity index (χ1) is 13.0. The lowest BCUT2D eigenvalue weighted by Crippen LogP contribution is -2.47. The monoisotopic (exact) mass is 365 g/mol. The van der Waals surface area contributed by atoms with E-state index in [-0.39, 0.29) is 5.41 Å². The Balaban J connectivity index is 1.55. The first-order valence-corrected chi connectivity index (χ1v) is 9.58. The number of carbonyl (C=O) groups is 1. The normalized spacial score (nSPS) is 23.8. The van der Waals surface area contributed by atoms with Crippen molar-refractivity contribution in [2.45, 2.75) is 31.3 Å². The van der Waals surface area contributed by atoms with Crippen LogP contribution in [-0.4, -0.2) is 44.3 Å². The molecule has 0 spiro atoms. The third-order valence-electron chi connectivity index (χ3n) is 6.11. The van der Waals surface area contributed by atoms with Crippen molar-refractivity contribution in [3.63, 3.8) is 0 Å². The van der Waals surface area contributed by atoms with Crippen LogP contribution in [0, 0.1) is 0 Å². The van der Waals surface area contributed by atoms with Crippen LogP contribution in [0.3, 0.4) is 0 Å². The van der Waals surface area contributed by atoms with Crippen LogP contribution in [-0.2, 0) is 11.8 Å². The third kappa shape index (κ3) is 3.06. The molecule has 2 aliphatic rings. The molecule has 0 saturated carbocycles.